The van der Waals surface area contributed by atoms with Crippen molar-refractivity contribution >= 4 is 17.4 Å². The molecule has 5 heteroatoms. The highest BCUT2D eigenvalue weighted by Gasteiger charge is 2.20. The molecule has 0 spiro atoms. The Bertz CT molecular complexity index is 657. The van der Waals surface area contributed by atoms with Crippen LogP contribution in [0.15, 0.2) is 36.7 Å². The molecule has 1 aliphatic rings. The monoisotopic (exact) mass is 289 g/mol. The Labute approximate surface area is 121 Å². The number of halogens is 1. The third-order valence-electron chi connectivity index (χ3n) is 3.07. The zero-order valence-corrected chi connectivity index (χ0v) is 11.4. The fraction of sp³-hybridized carbons (Fsp3) is 0.200. The first-order valence-electron chi connectivity index (χ1n) is 6.26. The lowest BCUT2D eigenvalue weighted by molar-refractivity contribution is 0.0982. The predicted molar refractivity (Wildman–Crippen MR) is 74.7 cm³/mol. The molecular weight excluding hydrogens is 278 g/mol. The Morgan fingerprint density at radius 2 is 2.10 bits per heavy atom. The molecule has 0 amide bonds. The third kappa shape index (κ3) is 2.47. The summed E-state index contributed by atoms with van der Waals surface area (Å²) in [6.07, 6.45) is 3.36. The maximum Gasteiger partial charge on any atom is 0.172 e. The minimum atomic E-state index is -0.0551. The van der Waals surface area contributed by atoms with Crippen molar-refractivity contribution in [2.75, 3.05) is 13.2 Å². The lowest BCUT2D eigenvalue weighted by Gasteiger charge is -2.20. The van der Waals surface area contributed by atoms with Gasteiger partial charge in [0.1, 0.15) is 13.2 Å². The molecule has 0 bridgehead atoms. The summed E-state index contributed by atoms with van der Waals surface area (Å²) in [6, 6.07) is 7.07. The fourth-order valence-corrected chi connectivity index (χ4v) is 2.30. The number of carbonyl (C=O) groups excluding carboxylic acids is 1. The van der Waals surface area contributed by atoms with Crippen molar-refractivity contribution in [3.8, 4) is 11.5 Å². The zero-order valence-electron chi connectivity index (χ0n) is 10.6. The van der Waals surface area contributed by atoms with Crippen molar-refractivity contribution in [1.29, 1.82) is 0 Å². The zero-order chi connectivity index (χ0) is 13.9. The molecule has 1 aromatic carbocycles. The van der Waals surface area contributed by atoms with Crippen LogP contribution in [-0.4, -0.2) is 24.0 Å². The van der Waals surface area contributed by atoms with Crippen LogP contribution in [0, 0.1) is 0 Å². The van der Waals surface area contributed by atoms with E-state index in [0.29, 0.717) is 35.3 Å². The van der Waals surface area contributed by atoms with E-state index < -0.39 is 0 Å². The molecule has 0 atom stereocenters. The van der Waals surface area contributed by atoms with Gasteiger partial charge in [0.25, 0.3) is 0 Å². The molecule has 0 N–H and O–H groups in total. The second-order valence-electron chi connectivity index (χ2n) is 4.40. The first-order chi connectivity index (χ1) is 9.75. The predicted octanol–water partition coefficient (Wildman–Crippen LogP) is 2.93. The summed E-state index contributed by atoms with van der Waals surface area (Å²) in [4.78, 5) is 16.3. The van der Waals surface area contributed by atoms with E-state index in [4.69, 9.17) is 21.1 Å². The van der Waals surface area contributed by atoms with Crippen molar-refractivity contribution in [1.82, 2.24) is 4.98 Å². The summed E-state index contributed by atoms with van der Waals surface area (Å²) in [5, 5.41) is 0.489. The summed E-state index contributed by atoms with van der Waals surface area (Å²) in [5.74, 6) is 1.08. The van der Waals surface area contributed by atoms with Crippen LogP contribution in [0.3, 0.4) is 0 Å². The second-order valence-corrected chi connectivity index (χ2v) is 4.80. The number of para-hydroxylation sites is 1. The standard InChI is InChI=1S/C15H12ClNO3/c16-12-9-17-5-4-10(12)8-13(18)11-2-1-3-14-15(11)20-7-6-19-14/h1-5,9H,6-8H2. The number of fused-ring (bicyclic) bond motifs is 1. The molecule has 1 aliphatic heterocycles. The lowest BCUT2D eigenvalue weighted by Crippen LogP contribution is -2.18. The average Bonchev–Trinajstić information content (AvgIpc) is 2.49. The highest BCUT2D eigenvalue weighted by Crippen LogP contribution is 2.34. The maximum absolute atomic E-state index is 12.4. The van der Waals surface area contributed by atoms with Crippen molar-refractivity contribution in [2.45, 2.75) is 6.42 Å². The number of aromatic nitrogens is 1. The van der Waals surface area contributed by atoms with Gasteiger partial charge in [-0.1, -0.05) is 17.7 Å². The van der Waals surface area contributed by atoms with Crippen LogP contribution in [0.5, 0.6) is 11.5 Å². The number of hydrogen-bond donors (Lipinski definition) is 0. The molecule has 2 heterocycles. The van der Waals surface area contributed by atoms with Crippen LogP contribution in [0.2, 0.25) is 5.02 Å². The van der Waals surface area contributed by atoms with E-state index in [2.05, 4.69) is 4.98 Å². The van der Waals surface area contributed by atoms with Gasteiger partial charge < -0.3 is 9.47 Å². The highest BCUT2D eigenvalue weighted by atomic mass is 35.5. The number of carbonyl (C=O) groups is 1. The quantitative estimate of drug-likeness (QED) is 0.815. The highest BCUT2D eigenvalue weighted by molar-refractivity contribution is 6.31. The van der Waals surface area contributed by atoms with E-state index in [1.807, 2.05) is 0 Å². The van der Waals surface area contributed by atoms with E-state index in [1.54, 1.807) is 30.5 Å². The van der Waals surface area contributed by atoms with Gasteiger partial charge in [-0.25, -0.2) is 0 Å². The van der Waals surface area contributed by atoms with Gasteiger partial charge in [0.05, 0.1) is 10.6 Å². The van der Waals surface area contributed by atoms with Crippen molar-refractivity contribution in [3.05, 3.63) is 52.8 Å². The van der Waals surface area contributed by atoms with Crippen LogP contribution >= 0.6 is 11.6 Å². The van der Waals surface area contributed by atoms with E-state index >= 15 is 0 Å². The molecule has 20 heavy (non-hydrogen) atoms. The number of pyridine rings is 1. The molecular formula is C15H12ClNO3. The Balaban J connectivity index is 1.90. The van der Waals surface area contributed by atoms with Crippen molar-refractivity contribution in [3.63, 3.8) is 0 Å². The van der Waals surface area contributed by atoms with E-state index in [0.717, 1.165) is 5.56 Å². The minimum Gasteiger partial charge on any atom is -0.486 e. The molecule has 102 valence electrons. The smallest absolute Gasteiger partial charge is 0.172 e. The maximum atomic E-state index is 12.4. The summed E-state index contributed by atoms with van der Waals surface area (Å²) in [5.41, 5.74) is 1.27. The van der Waals surface area contributed by atoms with Gasteiger partial charge in [0.15, 0.2) is 17.3 Å². The normalized spacial score (nSPS) is 13.1. The molecule has 0 aliphatic carbocycles. The number of hydrogen-bond acceptors (Lipinski definition) is 4. The first kappa shape index (κ1) is 12.9. The summed E-state index contributed by atoms with van der Waals surface area (Å²) < 4.78 is 11.0. The van der Waals surface area contributed by atoms with Gasteiger partial charge in [-0.2, -0.15) is 0 Å². The minimum absolute atomic E-state index is 0.0551. The second kappa shape index (κ2) is 5.51. The van der Waals surface area contributed by atoms with Crippen molar-refractivity contribution in [2.24, 2.45) is 0 Å². The number of benzene rings is 1. The van der Waals surface area contributed by atoms with Gasteiger partial charge in [-0.05, 0) is 23.8 Å². The molecule has 3 rings (SSSR count). The number of rotatable bonds is 3. The van der Waals surface area contributed by atoms with E-state index in [-0.39, 0.29) is 12.2 Å². The summed E-state index contributed by atoms with van der Waals surface area (Å²) in [6.45, 7) is 0.953. The first-order valence-corrected chi connectivity index (χ1v) is 6.63. The Morgan fingerprint density at radius 1 is 1.25 bits per heavy atom. The number of ketones is 1. The molecule has 0 saturated heterocycles. The van der Waals surface area contributed by atoms with Crippen LogP contribution in [0.4, 0.5) is 0 Å². The van der Waals surface area contributed by atoms with Gasteiger partial charge >= 0.3 is 0 Å². The van der Waals surface area contributed by atoms with E-state index in [9.17, 15) is 4.79 Å². The van der Waals surface area contributed by atoms with Gasteiger partial charge in [-0.15, -0.1) is 0 Å². The number of ether oxygens (including phenoxy) is 2. The van der Waals surface area contributed by atoms with Gasteiger partial charge in [0, 0.05) is 18.8 Å². The van der Waals surface area contributed by atoms with Crippen LogP contribution in [-0.2, 0) is 6.42 Å². The Hall–Kier alpha value is -2.07. The molecule has 4 nitrogen and oxygen atoms in total. The molecule has 0 radical (unpaired) electrons. The largest absolute Gasteiger partial charge is 0.486 e. The summed E-state index contributed by atoms with van der Waals surface area (Å²) >= 11 is 6.03. The number of Topliss-reactive ketones (excluding diaryl/α,β-unsaturated/α-hetero) is 1. The van der Waals surface area contributed by atoms with Crippen LogP contribution in [0.25, 0.3) is 0 Å². The Morgan fingerprint density at radius 3 is 2.95 bits per heavy atom. The fourth-order valence-electron chi connectivity index (χ4n) is 2.11. The molecule has 1 aromatic heterocycles. The lowest BCUT2D eigenvalue weighted by atomic mass is 10.0. The van der Waals surface area contributed by atoms with Gasteiger partial charge in [-0.3, -0.25) is 9.78 Å². The van der Waals surface area contributed by atoms with Crippen LogP contribution in [0.1, 0.15) is 15.9 Å². The molecule has 0 unspecified atom stereocenters. The van der Waals surface area contributed by atoms with E-state index in [1.165, 1.54) is 6.20 Å². The van der Waals surface area contributed by atoms with Gasteiger partial charge in [0.2, 0.25) is 0 Å². The van der Waals surface area contributed by atoms with Crippen LogP contribution < -0.4 is 9.47 Å². The Kier molecular flexibility index (Phi) is 3.56. The molecule has 0 saturated carbocycles. The summed E-state index contributed by atoms with van der Waals surface area (Å²) in [7, 11) is 0. The number of nitrogens with zero attached hydrogens (tertiary/aromatic N) is 1. The molecule has 2 aromatic rings. The average molecular weight is 290 g/mol. The molecule has 0 fully saturated rings. The SMILES string of the molecule is O=C(Cc1ccncc1Cl)c1cccc2c1OCCO2. The third-order valence-corrected chi connectivity index (χ3v) is 3.41. The topological polar surface area (TPSA) is 48.4 Å². The van der Waals surface area contributed by atoms with Crippen molar-refractivity contribution < 1.29 is 14.3 Å².